The molecule has 0 saturated heterocycles. The molecule has 3 heteroatoms. The van der Waals surface area contributed by atoms with Crippen LogP contribution >= 0.6 is 12.4 Å². The Kier molecular flexibility index (Phi) is 7.44. The van der Waals surface area contributed by atoms with Gasteiger partial charge in [-0.15, -0.1) is 12.4 Å². The minimum Gasteiger partial charge on any atom is -0.391 e. The molecule has 0 spiro atoms. The number of aliphatic hydroxyl groups excluding tert-OH is 1. The van der Waals surface area contributed by atoms with Gasteiger partial charge >= 0.3 is 0 Å². The summed E-state index contributed by atoms with van der Waals surface area (Å²) >= 11 is 0. The Morgan fingerprint density at radius 1 is 1.18 bits per heavy atom. The lowest BCUT2D eigenvalue weighted by molar-refractivity contribution is 0.128. The van der Waals surface area contributed by atoms with Crippen molar-refractivity contribution in [3.63, 3.8) is 0 Å². The van der Waals surface area contributed by atoms with Crippen LogP contribution in [0.15, 0.2) is 24.3 Å². The van der Waals surface area contributed by atoms with E-state index >= 15 is 0 Å². The van der Waals surface area contributed by atoms with Crippen molar-refractivity contribution in [1.82, 2.24) is 0 Å². The predicted octanol–water partition coefficient (Wildman–Crippen LogP) is 3.21. The topological polar surface area (TPSA) is 46.2 Å². The maximum Gasteiger partial charge on any atom is 0.0733 e. The van der Waals surface area contributed by atoms with Gasteiger partial charge in [0.2, 0.25) is 0 Å². The number of nitrogens with two attached hydrogens (primary N) is 1. The maximum atomic E-state index is 10.0. The molecule has 0 fully saturated rings. The van der Waals surface area contributed by atoms with Gasteiger partial charge in [0.15, 0.2) is 0 Å². The second-order valence-electron chi connectivity index (χ2n) is 4.92. The molecule has 1 aromatic carbocycles. The van der Waals surface area contributed by atoms with Crippen molar-refractivity contribution < 1.29 is 5.11 Å². The van der Waals surface area contributed by atoms with Crippen LogP contribution in [-0.4, -0.2) is 11.2 Å². The van der Waals surface area contributed by atoms with E-state index in [1.54, 1.807) is 0 Å². The van der Waals surface area contributed by atoms with Gasteiger partial charge in [-0.3, -0.25) is 0 Å². The van der Waals surface area contributed by atoms with Crippen LogP contribution in [-0.2, 0) is 0 Å². The Morgan fingerprint density at radius 2 is 1.76 bits per heavy atom. The highest BCUT2D eigenvalue weighted by Crippen LogP contribution is 2.21. The zero-order chi connectivity index (χ0) is 12.1. The molecule has 0 aliphatic carbocycles. The van der Waals surface area contributed by atoms with Crippen molar-refractivity contribution in [3.05, 3.63) is 35.4 Å². The number of rotatable bonds is 5. The number of benzene rings is 1. The average molecular weight is 258 g/mol. The largest absolute Gasteiger partial charge is 0.391 e. The van der Waals surface area contributed by atoms with Gasteiger partial charge in [-0.05, 0) is 36.8 Å². The van der Waals surface area contributed by atoms with E-state index in [1.807, 2.05) is 31.2 Å². The lowest BCUT2D eigenvalue weighted by Crippen LogP contribution is -2.27. The van der Waals surface area contributed by atoms with Crippen molar-refractivity contribution in [2.75, 3.05) is 0 Å². The van der Waals surface area contributed by atoms with E-state index in [-0.39, 0.29) is 18.4 Å². The average Bonchev–Trinajstić information content (AvgIpc) is 2.25. The summed E-state index contributed by atoms with van der Waals surface area (Å²) in [6, 6.07) is 7.73. The molecule has 0 aliphatic rings. The molecular weight excluding hydrogens is 234 g/mol. The molecule has 0 bridgehead atoms. The summed E-state index contributed by atoms with van der Waals surface area (Å²) in [5, 5.41) is 10.0. The van der Waals surface area contributed by atoms with E-state index in [9.17, 15) is 5.11 Å². The molecule has 98 valence electrons. The zero-order valence-electron chi connectivity index (χ0n) is 10.9. The molecule has 2 nitrogen and oxygen atoms in total. The Bertz CT molecular complexity index is 328. The van der Waals surface area contributed by atoms with E-state index in [1.165, 1.54) is 0 Å². The summed E-state index contributed by atoms with van der Waals surface area (Å²) in [6.07, 6.45) is 1.34. The maximum absolute atomic E-state index is 10.0. The minimum atomic E-state index is -0.441. The normalized spacial score (nSPS) is 14.2. The van der Waals surface area contributed by atoms with Gasteiger partial charge in [-0.1, -0.05) is 38.1 Å². The quantitative estimate of drug-likeness (QED) is 0.851. The molecule has 0 radical (unpaired) electrons. The van der Waals surface area contributed by atoms with E-state index in [0.29, 0.717) is 5.92 Å². The lowest BCUT2D eigenvalue weighted by atomic mass is 9.93. The number of hydrogen-bond donors (Lipinski definition) is 2. The summed E-state index contributed by atoms with van der Waals surface area (Å²) in [6.45, 7) is 6.35. The van der Waals surface area contributed by atoms with Gasteiger partial charge in [0, 0.05) is 0 Å². The first-order valence-electron chi connectivity index (χ1n) is 6.01. The third-order valence-electron chi connectivity index (χ3n) is 3.00. The highest BCUT2D eigenvalue weighted by molar-refractivity contribution is 5.85. The Hall–Kier alpha value is -0.570. The molecule has 17 heavy (non-hydrogen) atoms. The molecule has 0 saturated carbocycles. The minimum absolute atomic E-state index is 0. The fourth-order valence-electron chi connectivity index (χ4n) is 1.85. The van der Waals surface area contributed by atoms with Gasteiger partial charge in [0.25, 0.3) is 0 Å². The van der Waals surface area contributed by atoms with Crippen molar-refractivity contribution in [1.29, 1.82) is 0 Å². The number of hydrogen-bond acceptors (Lipinski definition) is 2. The Labute approximate surface area is 111 Å². The Balaban J connectivity index is 0.00000256. The van der Waals surface area contributed by atoms with Crippen LogP contribution in [0.3, 0.4) is 0 Å². The summed E-state index contributed by atoms with van der Waals surface area (Å²) in [4.78, 5) is 0. The molecule has 2 atom stereocenters. The first-order valence-corrected chi connectivity index (χ1v) is 6.01. The van der Waals surface area contributed by atoms with E-state index in [2.05, 4.69) is 13.8 Å². The number of aliphatic hydroxyl groups is 1. The first kappa shape index (κ1) is 16.4. The molecule has 0 aromatic heterocycles. The molecule has 0 aliphatic heterocycles. The SMILES string of the molecule is Cc1ccccc1[C@@H](N)[C@@H](O)CCC(C)C.Cl. The van der Waals surface area contributed by atoms with Crippen LogP contribution in [0, 0.1) is 12.8 Å². The van der Waals surface area contributed by atoms with Gasteiger partial charge in [-0.25, -0.2) is 0 Å². The lowest BCUT2D eigenvalue weighted by Gasteiger charge is -2.21. The second kappa shape index (κ2) is 7.70. The smallest absolute Gasteiger partial charge is 0.0733 e. The van der Waals surface area contributed by atoms with E-state index in [4.69, 9.17) is 5.73 Å². The van der Waals surface area contributed by atoms with E-state index in [0.717, 1.165) is 24.0 Å². The summed E-state index contributed by atoms with van der Waals surface area (Å²) in [5.41, 5.74) is 8.28. The first-order chi connectivity index (χ1) is 7.52. The molecular formula is C14H24ClNO. The molecule has 0 heterocycles. The molecule has 3 N–H and O–H groups in total. The molecule has 1 rings (SSSR count). The molecule has 0 unspecified atom stereocenters. The number of halogens is 1. The van der Waals surface area contributed by atoms with Crippen molar-refractivity contribution in [3.8, 4) is 0 Å². The van der Waals surface area contributed by atoms with Gasteiger partial charge in [-0.2, -0.15) is 0 Å². The third-order valence-corrected chi connectivity index (χ3v) is 3.00. The van der Waals surface area contributed by atoms with Crippen LogP contribution in [0.25, 0.3) is 0 Å². The van der Waals surface area contributed by atoms with Crippen LogP contribution in [0.2, 0.25) is 0 Å². The monoisotopic (exact) mass is 257 g/mol. The van der Waals surface area contributed by atoms with Crippen LogP contribution in [0.5, 0.6) is 0 Å². The van der Waals surface area contributed by atoms with Crippen molar-refractivity contribution in [2.45, 2.75) is 45.8 Å². The summed E-state index contributed by atoms with van der Waals surface area (Å²) in [5.74, 6) is 0.610. The van der Waals surface area contributed by atoms with Gasteiger partial charge in [0.1, 0.15) is 0 Å². The summed E-state index contributed by atoms with van der Waals surface area (Å²) in [7, 11) is 0. The van der Waals surface area contributed by atoms with Gasteiger partial charge < -0.3 is 10.8 Å². The van der Waals surface area contributed by atoms with Crippen LogP contribution in [0.1, 0.15) is 43.9 Å². The predicted molar refractivity (Wildman–Crippen MR) is 75.4 cm³/mol. The fraction of sp³-hybridized carbons (Fsp3) is 0.571. The van der Waals surface area contributed by atoms with Crippen molar-refractivity contribution >= 4 is 12.4 Å². The molecule has 0 amide bonds. The van der Waals surface area contributed by atoms with Crippen LogP contribution < -0.4 is 5.73 Å². The van der Waals surface area contributed by atoms with Gasteiger partial charge in [0.05, 0.1) is 12.1 Å². The summed E-state index contributed by atoms with van der Waals surface area (Å²) < 4.78 is 0. The standard InChI is InChI=1S/C14H23NO.ClH/c1-10(2)8-9-13(16)14(15)12-7-5-4-6-11(12)3;/h4-7,10,13-14,16H,8-9,15H2,1-3H3;1H/t13-,14+;/m0./s1. The highest BCUT2D eigenvalue weighted by Gasteiger charge is 2.18. The van der Waals surface area contributed by atoms with E-state index < -0.39 is 6.10 Å². The molecule has 1 aromatic rings. The van der Waals surface area contributed by atoms with Crippen LogP contribution in [0.4, 0.5) is 0 Å². The second-order valence-corrected chi connectivity index (χ2v) is 4.92. The van der Waals surface area contributed by atoms with Crippen molar-refractivity contribution in [2.24, 2.45) is 11.7 Å². The highest BCUT2D eigenvalue weighted by atomic mass is 35.5. The third kappa shape index (κ3) is 5.07. The fourth-order valence-corrected chi connectivity index (χ4v) is 1.85. The zero-order valence-corrected chi connectivity index (χ0v) is 11.7. The number of aryl methyl sites for hydroxylation is 1. The Morgan fingerprint density at radius 3 is 2.29 bits per heavy atom.